The molecule has 4 nitrogen and oxygen atoms in total. The summed E-state index contributed by atoms with van der Waals surface area (Å²) in [6, 6.07) is 4.84. The highest BCUT2D eigenvalue weighted by atomic mass is 16.5. The molecule has 92 valence electrons. The van der Waals surface area contributed by atoms with Crippen LogP contribution in [0.2, 0.25) is 0 Å². The maximum Gasteiger partial charge on any atom is 0.265 e. The van der Waals surface area contributed by atoms with Gasteiger partial charge in [0.15, 0.2) is 6.61 Å². The van der Waals surface area contributed by atoms with Gasteiger partial charge in [-0.1, -0.05) is 13.8 Å². The number of benzene rings is 1. The van der Waals surface area contributed by atoms with Gasteiger partial charge in [-0.25, -0.2) is 0 Å². The lowest BCUT2D eigenvalue weighted by atomic mass is 10.1. The second kappa shape index (κ2) is 4.65. The van der Waals surface area contributed by atoms with E-state index in [2.05, 4.69) is 13.8 Å². The number of rotatable bonds is 3. The number of hydrogen-bond acceptors (Lipinski definition) is 3. The summed E-state index contributed by atoms with van der Waals surface area (Å²) in [7, 11) is 0. The zero-order valence-corrected chi connectivity index (χ0v) is 10.1. The second-order valence-corrected chi connectivity index (χ2v) is 4.67. The average molecular weight is 235 g/mol. The number of nitrogens with zero attached hydrogens (tertiary/aromatic N) is 1. The quantitative estimate of drug-likeness (QED) is 0.873. The Bertz CT molecular complexity index is 429. The van der Waals surface area contributed by atoms with Crippen molar-refractivity contribution in [1.82, 2.24) is 0 Å². The summed E-state index contributed by atoms with van der Waals surface area (Å²) in [5, 5.41) is 9.38. The van der Waals surface area contributed by atoms with Crippen molar-refractivity contribution in [3.05, 3.63) is 18.2 Å². The molecule has 1 aromatic carbocycles. The number of ether oxygens (including phenoxy) is 1. The number of aromatic hydroxyl groups is 1. The van der Waals surface area contributed by atoms with Gasteiger partial charge < -0.3 is 14.7 Å². The fraction of sp³-hybridized carbons (Fsp3) is 0.462. The topological polar surface area (TPSA) is 49.8 Å². The molecule has 0 unspecified atom stereocenters. The zero-order valence-electron chi connectivity index (χ0n) is 10.1. The zero-order chi connectivity index (χ0) is 12.4. The predicted molar refractivity (Wildman–Crippen MR) is 65.4 cm³/mol. The van der Waals surface area contributed by atoms with Crippen LogP contribution in [0.1, 0.15) is 20.3 Å². The number of anilines is 1. The summed E-state index contributed by atoms with van der Waals surface area (Å²) in [5.41, 5.74) is 0.750. The molecule has 1 N–H and O–H groups in total. The van der Waals surface area contributed by atoms with E-state index in [0.29, 0.717) is 18.2 Å². The number of phenolic OH excluding ortho intramolecular Hbond substituents is 1. The van der Waals surface area contributed by atoms with Crippen molar-refractivity contribution in [2.75, 3.05) is 18.1 Å². The van der Waals surface area contributed by atoms with Gasteiger partial charge in [-0.3, -0.25) is 4.79 Å². The molecule has 0 saturated heterocycles. The molecule has 4 heteroatoms. The van der Waals surface area contributed by atoms with E-state index in [1.165, 1.54) is 0 Å². The van der Waals surface area contributed by atoms with Gasteiger partial charge in [0, 0.05) is 12.6 Å². The van der Waals surface area contributed by atoms with Crippen molar-refractivity contribution < 1.29 is 14.6 Å². The summed E-state index contributed by atoms with van der Waals surface area (Å²) in [6.45, 7) is 5.00. The molecule has 0 saturated carbocycles. The molecular weight excluding hydrogens is 218 g/mol. The van der Waals surface area contributed by atoms with Gasteiger partial charge in [-0.15, -0.1) is 0 Å². The van der Waals surface area contributed by atoms with Crippen LogP contribution in [0.3, 0.4) is 0 Å². The molecule has 0 spiro atoms. The molecule has 1 aromatic rings. The first kappa shape index (κ1) is 11.8. The van der Waals surface area contributed by atoms with E-state index in [-0.39, 0.29) is 18.3 Å². The van der Waals surface area contributed by atoms with Crippen LogP contribution in [-0.4, -0.2) is 24.2 Å². The predicted octanol–water partition coefficient (Wildman–Crippen LogP) is 2.16. The van der Waals surface area contributed by atoms with E-state index in [1.807, 2.05) is 0 Å². The lowest BCUT2D eigenvalue weighted by Crippen LogP contribution is -2.39. The van der Waals surface area contributed by atoms with Crippen LogP contribution in [0.5, 0.6) is 11.5 Å². The maximum absolute atomic E-state index is 11.8. The normalized spacial score (nSPS) is 14.8. The van der Waals surface area contributed by atoms with Crippen LogP contribution < -0.4 is 9.64 Å². The average Bonchev–Trinajstić information content (AvgIpc) is 2.27. The van der Waals surface area contributed by atoms with Crippen molar-refractivity contribution in [3.8, 4) is 11.5 Å². The minimum atomic E-state index is -0.0242. The maximum atomic E-state index is 11.8. The Labute approximate surface area is 101 Å². The van der Waals surface area contributed by atoms with Gasteiger partial charge in [0.1, 0.15) is 11.5 Å². The molecular formula is C13H17NO3. The van der Waals surface area contributed by atoms with Crippen LogP contribution >= 0.6 is 0 Å². The molecule has 0 atom stereocenters. The summed E-state index contributed by atoms with van der Waals surface area (Å²) in [5.74, 6) is 1.25. The van der Waals surface area contributed by atoms with E-state index in [1.54, 1.807) is 23.1 Å². The van der Waals surface area contributed by atoms with Crippen LogP contribution in [0, 0.1) is 5.92 Å². The van der Waals surface area contributed by atoms with Gasteiger partial charge in [-0.05, 0) is 24.5 Å². The summed E-state index contributed by atoms with van der Waals surface area (Å²) >= 11 is 0. The first-order chi connectivity index (χ1) is 8.08. The Morgan fingerprint density at radius 2 is 2.24 bits per heavy atom. The minimum Gasteiger partial charge on any atom is -0.508 e. The van der Waals surface area contributed by atoms with E-state index >= 15 is 0 Å². The van der Waals surface area contributed by atoms with E-state index < -0.39 is 0 Å². The molecule has 0 aromatic heterocycles. The minimum absolute atomic E-state index is 0.0242. The highest BCUT2D eigenvalue weighted by Crippen LogP contribution is 2.35. The third-order valence-electron chi connectivity index (χ3n) is 2.82. The molecule has 0 fully saturated rings. The molecule has 0 radical (unpaired) electrons. The number of carbonyl (C=O) groups excluding carboxylic acids is 1. The first-order valence-electron chi connectivity index (χ1n) is 5.84. The van der Waals surface area contributed by atoms with E-state index in [0.717, 1.165) is 12.1 Å². The Morgan fingerprint density at radius 3 is 2.94 bits per heavy atom. The van der Waals surface area contributed by atoms with Crippen molar-refractivity contribution in [3.63, 3.8) is 0 Å². The second-order valence-electron chi connectivity index (χ2n) is 4.67. The van der Waals surface area contributed by atoms with Crippen LogP contribution in [0.15, 0.2) is 18.2 Å². The SMILES string of the molecule is CC(C)CCN1C(=O)COc2cc(O)ccc21. The first-order valence-corrected chi connectivity index (χ1v) is 5.84. The number of hydrogen-bond donors (Lipinski definition) is 1. The molecule has 1 aliphatic heterocycles. The highest BCUT2D eigenvalue weighted by Gasteiger charge is 2.25. The van der Waals surface area contributed by atoms with Crippen molar-refractivity contribution in [2.45, 2.75) is 20.3 Å². The number of phenols is 1. The molecule has 1 heterocycles. The van der Waals surface area contributed by atoms with Crippen LogP contribution in [0.4, 0.5) is 5.69 Å². The monoisotopic (exact) mass is 235 g/mol. The standard InChI is InChI=1S/C13H17NO3/c1-9(2)5-6-14-11-4-3-10(15)7-12(11)17-8-13(14)16/h3-4,7,9,15H,5-6,8H2,1-2H3. The summed E-state index contributed by atoms with van der Waals surface area (Å²) < 4.78 is 5.30. The lowest BCUT2D eigenvalue weighted by Gasteiger charge is -2.29. The highest BCUT2D eigenvalue weighted by molar-refractivity contribution is 5.97. The summed E-state index contributed by atoms with van der Waals surface area (Å²) in [4.78, 5) is 13.5. The van der Waals surface area contributed by atoms with Crippen LogP contribution in [0.25, 0.3) is 0 Å². The van der Waals surface area contributed by atoms with Gasteiger partial charge >= 0.3 is 0 Å². The van der Waals surface area contributed by atoms with Crippen molar-refractivity contribution in [2.24, 2.45) is 5.92 Å². The van der Waals surface area contributed by atoms with Crippen molar-refractivity contribution in [1.29, 1.82) is 0 Å². The van der Waals surface area contributed by atoms with Crippen LogP contribution in [-0.2, 0) is 4.79 Å². The largest absolute Gasteiger partial charge is 0.508 e. The van der Waals surface area contributed by atoms with Crippen molar-refractivity contribution >= 4 is 11.6 Å². The lowest BCUT2D eigenvalue weighted by molar-refractivity contribution is -0.121. The smallest absolute Gasteiger partial charge is 0.265 e. The van der Waals surface area contributed by atoms with E-state index in [9.17, 15) is 9.90 Å². The number of fused-ring (bicyclic) bond motifs is 1. The van der Waals surface area contributed by atoms with E-state index in [4.69, 9.17) is 4.74 Å². The van der Waals surface area contributed by atoms with Gasteiger partial charge in [0.05, 0.1) is 5.69 Å². The number of carbonyl (C=O) groups is 1. The molecule has 1 aliphatic rings. The molecule has 0 aliphatic carbocycles. The Hall–Kier alpha value is -1.71. The molecule has 17 heavy (non-hydrogen) atoms. The Morgan fingerprint density at radius 1 is 1.47 bits per heavy atom. The molecule has 0 bridgehead atoms. The molecule has 1 amide bonds. The number of amides is 1. The Kier molecular flexibility index (Phi) is 3.22. The fourth-order valence-corrected chi connectivity index (χ4v) is 1.83. The van der Waals surface area contributed by atoms with Gasteiger partial charge in [-0.2, -0.15) is 0 Å². The Balaban J connectivity index is 2.24. The fourth-order valence-electron chi connectivity index (χ4n) is 1.83. The third kappa shape index (κ3) is 2.52. The van der Waals surface area contributed by atoms with Gasteiger partial charge in [0.2, 0.25) is 0 Å². The summed E-state index contributed by atoms with van der Waals surface area (Å²) in [6.07, 6.45) is 0.950. The third-order valence-corrected chi connectivity index (χ3v) is 2.82. The molecule has 2 rings (SSSR count). The van der Waals surface area contributed by atoms with Gasteiger partial charge in [0.25, 0.3) is 5.91 Å².